The Labute approximate surface area is 204 Å². The van der Waals surface area contributed by atoms with Crippen LogP contribution in [-0.4, -0.2) is 35.9 Å². The predicted molar refractivity (Wildman–Crippen MR) is 140 cm³/mol. The second kappa shape index (κ2) is 9.48. The van der Waals surface area contributed by atoms with Gasteiger partial charge < -0.3 is 9.72 Å². The number of rotatable bonds is 8. The van der Waals surface area contributed by atoms with Gasteiger partial charge in [-0.1, -0.05) is 48.0 Å². The number of anilines is 1. The summed E-state index contributed by atoms with van der Waals surface area (Å²) in [5.74, 6) is 0.665. The van der Waals surface area contributed by atoms with Crippen LogP contribution in [0.15, 0.2) is 84.1 Å². The van der Waals surface area contributed by atoms with E-state index in [0.717, 1.165) is 28.0 Å². The highest BCUT2D eigenvalue weighted by Gasteiger charge is 2.14. The molecule has 178 valence electrons. The first-order chi connectivity index (χ1) is 16.9. The molecule has 0 unspecified atom stereocenters. The van der Waals surface area contributed by atoms with E-state index in [-0.39, 0.29) is 4.90 Å². The molecule has 0 saturated carbocycles. The van der Waals surface area contributed by atoms with Crippen LogP contribution in [0.1, 0.15) is 17.5 Å². The van der Waals surface area contributed by atoms with Gasteiger partial charge in [-0.25, -0.2) is 23.1 Å². The topological polar surface area (TPSA) is 88.4 Å². The number of hydrogen-bond acceptors (Lipinski definition) is 5. The highest BCUT2D eigenvalue weighted by molar-refractivity contribution is 7.89. The second-order valence-electron chi connectivity index (χ2n) is 8.64. The van der Waals surface area contributed by atoms with Gasteiger partial charge in [0.2, 0.25) is 10.0 Å². The number of sulfonamides is 1. The van der Waals surface area contributed by atoms with E-state index in [2.05, 4.69) is 46.2 Å². The summed E-state index contributed by atoms with van der Waals surface area (Å²) in [5.41, 5.74) is 4.89. The van der Waals surface area contributed by atoms with Crippen LogP contribution in [0.5, 0.6) is 0 Å². The highest BCUT2D eigenvalue weighted by atomic mass is 32.2. The zero-order valence-electron chi connectivity index (χ0n) is 19.7. The molecule has 0 spiro atoms. The Morgan fingerprint density at radius 3 is 2.46 bits per heavy atom. The number of aryl methyl sites for hydroxylation is 2. The molecule has 3 aromatic carbocycles. The molecule has 5 aromatic rings. The molecule has 0 fully saturated rings. The van der Waals surface area contributed by atoms with Crippen molar-refractivity contribution in [3.05, 3.63) is 90.4 Å². The van der Waals surface area contributed by atoms with Crippen LogP contribution in [0.4, 0.5) is 5.82 Å². The fourth-order valence-electron chi connectivity index (χ4n) is 4.11. The molecule has 0 saturated heterocycles. The van der Waals surface area contributed by atoms with E-state index in [1.165, 1.54) is 10.8 Å². The number of aromatic nitrogens is 3. The number of benzene rings is 3. The second-order valence-corrected chi connectivity index (χ2v) is 10.4. The first-order valence-corrected chi connectivity index (χ1v) is 13.0. The molecule has 7 nitrogen and oxygen atoms in total. The van der Waals surface area contributed by atoms with Crippen LogP contribution in [0.2, 0.25) is 0 Å². The van der Waals surface area contributed by atoms with Gasteiger partial charge in [-0.05, 0) is 54.8 Å². The molecule has 2 aromatic heterocycles. The van der Waals surface area contributed by atoms with Crippen molar-refractivity contribution in [3.63, 3.8) is 0 Å². The molecule has 0 radical (unpaired) electrons. The average Bonchev–Trinajstić information content (AvgIpc) is 3.28. The molecule has 5 rings (SSSR count). The molecule has 2 heterocycles. The van der Waals surface area contributed by atoms with Crippen LogP contribution in [-0.2, 0) is 10.0 Å². The zero-order chi connectivity index (χ0) is 24.4. The summed E-state index contributed by atoms with van der Waals surface area (Å²) in [6.45, 7) is 4.90. The van der Waals surface area contributed by atoms with Crippen molar-refractivity contribution >= 4 is 32.3 Å². The maximum atomic E-state index is 12.4. The first-order valence-electron chi connectivity index (χ1n) is 11.5. The van der Waals surface area contributed by atoms with Crippen molar-refractivity contribution < 1.29 is 8.42 Å². The van der Waals surface area contributed by atoms with Gasteiger partial charge in [0.25, 0.3) is 0 Å². The molecule has 2 N–H and O–H groups in total. The van der Waals surface area contributed by atoms with Crippen molar-refractivity contribution in [2.45, 2.75) is 25.2 Å². The Morgan fingerprint density at radius 1 is 0.943 bits per heavy atom. The van der Waals surface area contributed by atoms with Gasteiger partial charge in [0.15, 0.2) is 11.5 Å². The Bertz CT molecular complexity index is 1610. The minimum absolute atomic E-state index is 0.274. The Hall–Kier alpha value is -3.75. The Morgan fingerprint density at radius 2 is 1.69 bits per heavy atom. The maximum absolute atomic E-state index is 12.4. The van der Waals surface area contributed by atoms with Crippen molar-refractivity contribution in [2.75, 3.05) is 18.4 Å². The Balaban J connectivity index is 1.27. The van der Waals surface area contributed by atoms with Gasteiger partial charge in [0.05, 0.1) is 10.6 Å². The fourth-order valence-corrected chi connectivity index (χ4v) is 5.18. The maximum Gasteiger partial charge on any atom is 0.240 e. The number of hydrogen-bond donors (Lipinski definition) is 2. The lowest BCUT2D eigenvalue weighted by molar-refractivity contribution is 0.580. The van der Waals surface area contributed by atoms with E-state index in [0.29, 0.717) is 25.3 Å². The van der Waals surface area contributed by atoms with Gasteiger partial charge in [-0.2, -0.15) is 0 Å². The van der Waals surface area contributed by atoms with Crippen LogP contribution in [0.25, 0.3) is 27.7 Å². The lowest BCUT2D eigenvalue weighted by Crippen LogP contribution is -2.26. The Kier molecular flexibility index (Phi) is 6.23. The van der Waals surface area contributed by atoms with Crippen molar-refractivity contribution in [3.8, 4) is 11.3 Å². The highest BCUT2D eigenvalue weighted by Crippen LogP contribution is 2.29. The van der Waals surface area contributed by atoms with Crippen molar-refractivity contribution in [1.82, 2.24) is 19.1 Å². The van der Waals surface area contributed by atoms with E-state index < -0.39 is 10.0 Å². The molecule has 0 aliphatic rings. The molecule has 8 heteroatoms. The third-order valence-corrected chi connectivity index (χ3v) is 7.49. The van der Waals surface area contributed by atoms with Gasteiger partial charge in [-0.15, -0.1) is 0 Å². The minimum Gasteiger partial charge on any atom is -0.367 e. The average molecular weight is 486 g/mol. The summed E-state index contributed by atoms with van der Waals surface area (Å²) in [5, 5.41) is 5.68. The predicted octanol–water partition coefficient (Wildman–Crippen LogP) is 4.95. The molecule has 0 atom stereocenters. The van der Waals surface area contributed by atoms with E-state index in [9.17, 15) is 8.42 Å². The number of imidazole rings is 1. The molecule has 0 aliphatic heterocycles. The van der Waals surface area contributed by atoms with Gasteiger partial charge >= 0.3 is 0 Å². The normalized spacial score (nSPS) is 11.8. The number of nitrogens with zero attached hydrogens (tertiary/aromatic N) is 3. The SMILES string of the molecule is Cc1ccc(S(=O)(=O)NCCCNc2nccn3cc(-c4cc5ccccc5cc4C)nc23)cc1. The lowest BCUT2D eigenvalue weighted by atomic mass is 10.0. The van der Waals surface area contributed by atoms with Crippen LogP contribution >= 0.6 is 0 Å². The summed E-state index contributed by atoms with van der Waals surface area (Å²) < 4.78 is 29.5. The van der Waals surface area contributed by atoms with E-state index >= 15 is 0 Å². The summed E-state index contributed by atoms with van der Waals surface area (Å²) in [6.07, 6.45) is 6.22. The fraction of sp³-hybridized carbons (Fsp3) is 0.185. The standard InChI is InChI=1S/C27H27N5O2S/c1-19-8-10-23(11-9-19)35(33,34)30-13-5-12-28-26-27-31-25(18-32(27)15-14-29-26)24-17-22-7-4-3-6-21(22)16-20(24)2/h3-4,6-11,14-18,30H,5,12-13H2,1-2H3,(H,28,29). The van der Waals surface area contributed by atoms with Crippen LogP contribution < -0.4 is 10.0 Å². The molecular formula is C27H27N5O2S. The van der Waals surface area contributed by atoms with Crippen LogP contribution in [0.3, 0.4) is 0 Å². The first kappa shape index (κ1) is 23.0. The summed E-state index contributed by atoms with van der Waals surface area (Å²) in [6, 6.07) is 19.5. The van der Waals surface area contributed by atoms with Gasteiger partial charge in [-0.3, -0.25) is 0 Å². The number of nitrogens with one attached hydrogen (secondary N) is 2. The van der Waals surface area contributed by atoms with Gasteiger partial charge in [0.1, 0.15) is 0 Å². The van der Waals surface area contributed by atoms with Gasteiger partial charge in [0, 0.05) is 37.2 Å². The van der Waals surface area contributed by atoms with Crippen molar-refractivity contribution in [1.29, 1.82) is 0 Å². The van der Waals surface area contributed by atoms with Crippen LogP contribution in [0, 0.1) is 13.8 Å². The third kappa shape index (κ3) is 4.89. The summed E-state index contributed by atoms with van der Waals surface area (Å²) in [7, 11) is -3.51. The largest absolute Gasteiger partial charge is 0.367 e. The monoisotopic (exact) mass is 485 g/mol. The summed E-state index contributed by atoms with van der Waals surface area (Å²) in [4.78, 5) is 9.59. The zero-order valence-corrected chi connectivity index (χ0v) is 20.5. The third-order valence-electron chi connectivity index (χ3n) is 6.01. The molecule has 0 amide bonds. The van der Waals surface area contributed by atoms with E-state index in [1.54, 1.807) is 30.5 Å². The molecule has 35 heavy (non-hydrogen) atoms. The molecular weight excluding hydrogens is 458 g/mol. The smallest absolute Gasteiger partial charge is 0.240 e. The summed E-state index contributed by atoms with van der Waals surface area (Å²) >= 11 is 0. The molecule has 0 bridgehead atoms. The number of fused-ring (bicyclic) bond motifs is 2. The van der Waals surface area contributed by atoms with E-state index in [1.807, 2.05) is 35.9 Å². The van der Waals surface area contributed by atoms with E-state index in [4.69, 9.17) is 4.98 Å². The lowest BCUT2D eigenvalue weighted by Gasteiger charge is -2.09. The molecule has 0 aliphatic carbocycles. The quantitative estimate of drug-likeness (QED) is 0.304. The minimum atomic E-state index is -3.51. The van der Waals surface area contributed by atoms with Crippen molar-refractivity contribution in [2.24, 2.45) is 0 Å².